The molecule has 2 aromatic rings. The first-order chi connectivity index (χ1) is 16.5. The minimum Gasteiger partial charge on any atom is -0.481 e. The number of nitrogens with one attached hydrogen (secondary N) is 1. The topological polar surface area (TPSA) is 95.9 Å². The molecule has 0 aromatic heterocycles. The average molecular weight is 465 g/mol. The van der Waals surface area contributed by atoms with Crippen LogP contribution in [-0.2, 0) is 14.3 Å². The quantitative estimate of drug-likeness (QED) is 0.627. The number of carbonyl (C=O) groups is 3. The fourth-order valence-electron chi connectivity index (χ4n) is 5.00. The van der Waals surface area contributed by atoms with E-state index in [-0.39, 0.29) is 31.3 Å². The van der Waals surface area contributed by atoms with Gasteiger partial charge in [0.1, 0.15) is 12.6 Å². The molecule has 0 saturated carbocycles. The van der Waals surface area contributed by atoms with Crippen molar-refractivity contribution in [2.75, 3.05) is 19.7 Å². The first kappa shape index (κ1) is 23.8. The molecule has 2 N–H and O–H groups in total. The zero-order valence-corrected chi connectivity index (χ0v) is 19.4. The third-order valence-corrected chi connectivity index (χ3v) is 6.75. The molecule has 180 valence electrons. The Bertz CT molecular complexity index is 984. The Morgan fingerprint density at radius 1 is 0.912 bits per heavy atom. The Morgan fingerprint density at radius 3 is 2.06 bits per heavy atom. The van der Waals surface area contributed by atoms with E-state index in [1.165, 1.54) is 6.42 Å². The summed E-state index contributed by atoms with van der Waals surface area (Å²) in [7, 11) is 0. The molecule has 1 aliphatic carbocycles. The van der Waals surface area contributed by atoms with E-state index in [1.807, 2.05) is 36.4 Å². The van der Waals surface area contributed by atoms with Crippen LogP contribution in [0.4, 0.5) is 4.79 Å². The zero-order chi connectivity index (χ0) is 23.9. The second-order valence-corrected chi connectivity index (χ2v) is 9.05. The van der Waals surface area contributed by atoms with E-state index in [1.54, 1.807) is 4.90 Å². The molecule has 2 amide bonds. The number of carboxylic acids is 1. The molecule has 0 radical (unpaired) electrons. The average Bonchev–Trinajstić information content (AvgIpc) is 3.13. The van der Waals surface area contributed by atoms with E-state index in [0.717, 1.165) is 47.9 Å². The highest BCUT2D eigenvalue weighted by Crippen LogP contribution is 2.44. The van der Waals surface area contributed by atoms with Gasteiger partial charge in [-0.25, -0.2) is 4.79 Å². The summed E-state index contributed by atoms with van der Waals surface area (Å²) in [5.74, 6) is -1.31. The molecule has 1 aliphatic heterocycles. The molecule has 1 heterocycles. The summed E-state index contributed by atoms with van der Waals surface area (Å²) in [5.41, 5.74) is 4.49. The van der Waals surface area contributed by atoms with Gasteiger partial charge >= 0.3 is 12.1 Å². The molecule has 0 spiro atoms. The van der Waals surface area contributed by atoms with Gasteiger partial charge in [-0.15, -0.1) is 0 Å². The molecular weight excluding hydrogens is 432 g/mol. The number of likely N-dealkylation sites (tertiary alicyclic amines) is 1. The normalized spacial score (nSPS) is 16.5. The smallest absolute Gasteiger partial charge is 0.407 e. The van der Waals surface area contributed by atoms with E-state index < -0.39 is 18.1 Å². The van der Waals surface area contributed by atoms with Crippen LogP contribution in [0.15, 0.2) is 48.5 Å². The van der Waals surface area contributed by atoms with Crippen LogP contribution < -0.4 is 5.32 Å². The number of alkyl carbamates (subject to hydrolysis) is 1. The molecular formula is C27H32N2O5. The fraction of sp³-hybridized carbons (Fsp3) is 0.444. The maximum absolute atomic E-state index is 13.2. The predicted octanol–water partition coefficient (Wildman–Crippen LogP) is 4.55. The van der Waals surface area contributed by atoms with Crippen molar-refractivity contribution in [2.45, 2.75) is 56.9 Å². The van der Waals surface area contributed by atoms with Crippen molar-refractivity contribution in [3.05, 3.63) is 59.7 Å². The Labute approximate surface area is 200 Å². The van der Waals surface area contributed by atoms with Crippen molar-refractivity contribution >= 4 is 18.0 Å². The number of hydrogen-bond acceptors (Lipinski definition) is 4. The molecule has 7 heteroatoms. The molecule has 7 nitrogen and oxygen atoms in total. The maximum Gasteiger partial charge on any atom is 0.407 e. The minimum atomic E-state index is -1.00. The van der Waals surface area contributed by atoms with Crippen molar-refractivity contribution in [2.24, 2.45) is 0 Å². The number of carbonyl (C=O) groups excluding carboxylic acids is 2. The number of ether oxygens (including phenoxy) is 1. The number of aliphatic carboxylic acids is 1. The van der Waals surface area contributed by atoms with Crippen LogP contribution in [0.1, 0.15) is 62.0 Å². The monoisotopic (exact) mass is 464 g/mol. The summed E-state index contributed by atoms with van der Waals surface area (Å²) in [6.07, 6.45) is 4.29. The van der Waals surface area contributed by atoms with E-state index in [4.69, 9.17) is 9.84 Å². The number of carboxylic acid groups (broad SMARTS) is 1. The number of rotatable bonds is 7. The van der Waals surface area contributed by atoms with Crippen LogP contribution in [0.25, 0.3) is 11.1 Å². The van der Waals surface area contributed by atoms with E-state index in [2.05, 4.69) is 17.4 Å². The van der Waals surface area contributed by atoms with Crippen LogP contribution in [0.5, 0.6) is 0 Å². The first-order valence-corrected chi connectivity index (χ1v) is 12.2. The van der Waals surface area contributed by atoms with Gasteiger partial charge in [-0.1, -0.05) is 67.8 Å². The van der Waals surface area contributed by atoms with Crippen LogP contribution in [0.3, 0.4) is 0 Å². The van der Waals surface area contributed by atoms with Gasteiger partial charge in [0.2, 0.25) is 5.91 Å². The second kappa shape index (κ2) is 11.2. The third-order valence-electron chi connectivity index (χ3n) is 6.75. The third kappa shape index (κ3) is 5.58. The molecule has 0 bridgehead atoms. The second-order valence-electron chi connectivity index (χ2n) is 9.05. The Morgan fingerprint density at radius 2 is 1.47 bits per heavy atom. The summed E-state index contributed by atoms with van der Waals surface area (Å²) < 4.78 is 5.59. The highest BCUT2D eigenvalue weighted by Gasteiger charge is 2.31. The highest BCUT2D eigenvalue weighted by molar-refractivity contribution is 5.86. The number of amides is 2. The minimum absolute atomic E-state index is 0.0366. The van der Waals surface area contributed by atoms with Crippen LogP contribution in [0.2, 0.25) is 0 Å². The lowest BCUT2D eigenvalue weighted by Gasteiger charge is -2.29. The molecule has 1 fully saturated rings. The van der Waals surface area contributed by atoms with Crippen LogP contribution in [0, 0.1) is 0 Å². The van der Waals surface area contributed by atoms with Crippen molar-refractivity contribution in [3.8, 4) is 11.1 Å². The summed E-state index contributed by atoms with van der Waals surface area (Å²) in [4.78, 5) is 38.8. The van der Waals surface area contributed by atoms with E-state index >= 15 is 0 Å². The predicted molar refractivity (Wildman–Crippen MR) is 129 cm³/mol. The van der Waals surface area contributed by atoms with E-state index in [9.17, 15) is 14.4 Å². The van der Waals surface area contributed by atoms with Gasteiger partial charge in [0.25, 0.3) is 0 Å². The molecule has 2 aliphatic rings. The fourth-order valence-corrected chi connectivity index (χ4v) is 5.00. The van der Waals surface area contributed by atoms with Gasteiger partial charge in [-0.05, 0) is 41.5 Å². The number of fused-ring (bicyclic) bond motifs is 3. The van der Waals surface area contributed by atoms with Crippen molar-refractivity contribution in [1.82, 2.24) is 10.2 Å². The summed E-state index contributed by atoms with van der Waals surface area (Å²) in [6, 6.07) is 15.3. The first-order valence-electron chi connectivity index (χ1n) is 12.2. The van der Waals surface area contributed by atoms with Crippen LogP contribution >= 0.6 is 0 Å². The van der Waals surface area contributed by atoms with Crippen molar-refractivity contribution in [3.63, 3.8) is 0 Å². The van der Waals surface area contributed by atoms with Gasteiger partial charge in [0.15, 0.2) is 0 Å². The molecule has 1 atom stereocenters. The van der Waals surface area contributed by atoms with Crippen molar-refractivity contribution in [1.29, 1.82) is 0 Å². The molecule has 34 heavy (non-hydrogen) atoms. The Hall–Kier alpha value is -3.35. The molecule has 1 unspecified atom stereocenters. The van der Waals surface area contributed by atoms with Gasteiger partial charge in [0.05, 0.1) is 0 Å². The molecule has 2 aromatic carbocycles. The number of nitrogens with zero attached hydrogens (tertiary/aromatic N) is 1. The lowest BCUT2D eigenvalue weighted by atomic mass is 9.98. The standard InChI is InChI=1S/C27H32N2O5/c30-25(31)15-14-24(26(32)29-16-8-2-1-3-9-17-29)28-27(33)34-18-23-21-12-6-4-10-19(21)20-11-5-7-13-22(20)23/h4-7,10-13,23-24H,1-3,8-9,14-18H2,(H,28,33)(H,30,31). The lowest BCUT2D eigenvalue weighted by Crippen LogP contribution is -2.49. The highest BCUT2D eigenvalue weighted by atomic mass is 16.5. The zero-order valence-electron chi connectivity index (χ0n) is 19.4. The Kier molecular flexibility index (Phi) is 7.83. The maximum atomic E-state index is 13.2. The largest absolute Gasteiger partial charge is 0.481 e. The summed E-state index contributed by atoms with van der Waals surface area (Å²) >= 11 is 0. The SMILES string of the molecule is O=C(O)CCC(NC(=O)OCC1c2ccccc2-c2ccccc21)C(=O)N1CCCCCCC1. The van der Waals surface area contributed by atoms with Crippen molar-refractivity contribution < 1.29 is 24.2 Å². The van der Waals surface area contributed by atoms with Crippen LogP contribution in [-0.4, -0.2) is 53.7 Å². The van der Waals surface area contributed by atoms with Gasteiger partial charge in [-0.3, -0.25) is 9.59 Å². The lowest BCUT2D eigenvalue weighted by molar-refractivity contribution is -0.138. The number of benzene rings is 2. The van der Waals surface area contributed by atoms with Gasteiger partial charge in [-0.2, -0.15) is 0 Å². The van der Waals surface area contributed by atoms with E-state index in [0.29, 0.717) is 13.1 Å². The molecule has 4 rings (SSSR count). The number of hydrogen-bond donors (Lipinski definition) is 2. The summed E-state index contributed by atoms with van der Waals surface area (Å²) in [6.45, 7) is 1.41. The molecule has 1 saturated heterocycles. The Balaban J connectivity index is 1.41. The van der Waals surface area contributed by atoms with Gasteiger partial charge < -0.3 is 20.1 Å². The summed E-state index contributed by atoms with van der Waals surface area (Å²) in [5, 5.41) is 11.8. The van der Waals surface area contributed by atoms with Gasteiger partial charge in [0, 0.05) is 25.4 Å².